The Morgan fingerprint density at radius 1 is 1.70 bits per heavy atom. The SMILES string of the molecule is CCCC(N=C=S)=S(=O)=O. The first-order chi connectivity index (χ1) is 4.72. The van der Waals surface area contributed by atoms with Crippen LogP contribution in [0.2, 0.25) is 0 Å². The molecule has 0 heterocycles. The lowest BCUT2D eigenvalue weighted by Crippen LogP contribution is -1.92. The van der Waals surface area contributed by atoms with Crippen LogP contribution in [0, 0.1) is 0 Å². The monoisotopic (exact) mass is 177 g/mol. The zero-order chi connectivity index (χ0) is 7.98. The van der Waals surface area contributed by atoms with E-state index < -0.39 is 10.3 Å². The van der Waals surface area contributed by atoms with E-state index in [1.54, 1.807) is 0 Å². The second kappa shape index (κ2) is 5.29. The Labute approximate surface area is 66.3 Å². The van der Waals surface area contributed by atoms with Gasteiger partial charge in [-0.1, -0.05) is 6.92 Å². The molecule has 0 saturated heterocycles. The molecule has 0 aromatic heterocycles. The number of rotatable bonds is 2. The fourth-order valence-corrected chi connectivity index (χ4v) is 1.10. The average molecular weight is 177 g/mol. The Morgan fingerprint density at radius 2 is 2.30 bits per heavy atom. The van der Waals surface area contributed by atoms with Crippen molar-refractivity contribution in [3.63, 3.8) is 0 Å². The van der Waals surface area contributed by atoms with E-state index in [0.717, 1.165) is 6.42 Å². The molecule has 0 amide bonds. The topological polar surface area (TPSA) is 46.5 Å². The number of thiocarbonyl (C=S) groups is 1. The quantitative estimate of drug-likeness (QED) is 0.465. The van der Waals surface area contributed by atoms with Gasteiger partial charge in [-0.25, -0.2) is 0 Å². The standard InChI is InChI=1S/C5H7NO2S2/c1-2-3-5(6-4-9)10(7)8/h2-3H2,1H3. The van der Waals surface area contributed by atoms with E-state index in [4.69, 9.17) is 0 Å². The molecule has 0 radical (unpaired) electrons. The zero-order valence-electron chi connectivity index (χ0n) is 5.49. The predicted octanol–water partition coefficient (Wildman–Crippen LogP) is 0.898. The average Bonchev–Trinajstić information content (AvgIpc) is 1.87. The lowest BCUT2D eigenvalue weighted by atomic mass is 10.3. The summed E-state index contributed by atoms with van der Waals surface area (Å²) in [5.74, 6) is 0. The van der Waals surface area contributed by atoms with Crippen molar-refractivity contribution in [2.24, 2.45) is 4.99 Å². The molecular weight excluding hydrogens is 170 g/mol. The molecule has 0 bridgehead atoms. The molecular formula is C5H7NO2S2. The third kappa shape index (κ3) is 3.50. The highest BCUT2D eigenvalue weighted by atomic mass is 32.2. The first-order valence-corrected chi connectivity index (χ1v) is 4.23. The van der Waals surface area contributed by atoms with Crippen LogP contribution in [-0.4, -0.2) is 18.6 Å². The van der Waals surface area contributed by atoms with Gasteiger partial charge in [0.05, 0.1) is 5.16 Å². The number of hydrogen-bond acceptors (Lipinski definition) is 3. The fraction of sp³-hybridized carbons (Fsp3) is 0.600. The van der Waals surface area contributed by atoms with E-state index in [1.807, 2.05) is 12.1 Å². The van der Waals surface area contributed by atoms with Gasteiger partial charge < -0.3 is 0 Å². The molecule has 0 aliphatic heterocycles. The number of aliphatic imine (C=N–C) groups is 1. The summed E-state index contributed by atoms with van der Waals surface area (Å²) in [5, 5.41) is 2.01. The van der Waals surface area contributed by atoms with E-state index in [2.05, 4.69) is 17.2 Å². The van der Waals surface area contributed by atoms with E-state index in [1.165, 1.54) is 0 Å². The van der Waals surface area contributed by atoms with Crippen LogP contribution in [0.25, 0.3) is 0 Å². The van der Waals surface area contributed by atoms with E-state index in [0.29, 0.717) is 6.42 Å². The Morgan fingerprint density at radius 3 is 2.60 bits per heavy atom. The maximum absolute atomic E-state index is 10.3. The van der Waals surface area contributed by atoms with Crippen LogP contribution in [-0.2, 0) is 10.3 Å². The van der Waals surface area contributed by atoms with Gasteiger partial charge in [0.15, 0.2) is 4.99 Å². The summed E-state index contributed by atoms with van der Waals surface area (Å²) in [6, 6.07) is 0. The molecule has 0 N–H and O–H groups in total. The van der Waals surface area contributed by atoms with Gasteiger partial charge >= 0.3 is 0 Å². The maximum Gasteiger partial charge on any atom is 0.236 e. The second-order valence-electron chi connectivity index (χ2n) is 1.58. The van der Waals surface area contributed by atoms with Crippen molar-refractivity contribution in [2.75, 3.05) is 0 Å². The zero-order valence-corrected chi connectivity index (χ0v) is 7.13. The Balaban J connectivity index is 4.61. The molecule has 0 atom stereocenters. The summed E-state index contributed by atoms with van der Waals surface area (Å²) in [7, 11) is -2.23. The highest BCUT2D eigenvalue weighted by Crippen LogP contribution is 1.89. The number of nitrogens with zero attached hydrogens (tertiary/aromatic N) is 1. The van der Waals surface area contributed by atoms with Crippen molar-refractivity contribution in [2.45, 2.75) is 19.8 Å². The van der Waals surface area contributed by atoms with Gasteiger partial charge in [0, 0.05) is 6.42 Å². The summed E-state index contributed by atoms with van der Waals surface area (Å²) in [4.78, 5) is 3.46. The molecule has 0 aromatic carbocycles. The van der Waals surface area contributed by atoms with Gasteiger partial charge in [-0.2, -0.15) is 13.4 Å². The third-order valence-corrected chi connectivity index (χ3v) is 1.60. The van der Waals surface area contributed by atoms with Crippen molar-refractivity contribution in [3.8, 4) is 0 Å². The molecule has 5 heteroatoms. The fourth-order valence-electron chi connectivity index (χ4n) is 0.441. The molecule has 56 valence electrons. The van der Waals surface area contributed by atoms with E-state index >= 15 is 0 Å². The van der Waals surface area contributed by atoms with E-state index in [9.17, 15) is 8.42 Å². The van der Waals surface area contributed by atoms with Crippen molar-refractivity contribution in [1.82, 2.24) is 0 Å². The number of hydrogen-bond donors (Lipinski definition) is 0. The molecule has 10 heavy (non-hydrogen) atoms. The van der Waals surface area contributed by atoms with Crippen LogP contribution in [0.3, 0.4) is 0 Å². The maximum atomic E-state index is 10.3. The normalized spacial score (nSPS) is 8.10. The first-order valence-electron chi connectivity index (χ1n) is 2.75. The van der Waals surface area contributed by atoms with E-state index in [-0.39, 0.29) is 4.99 Å². The summed E-state index contributed by atoms with van der Waals surface area (Å²) in [6.45, 7) is 1.87. The molecule has 0 rings (SSSR count). The van der Waals surface area contributed by atoms with Crippen molar-refractivity contribution < 1.29 is 8.42 Å². The molecule has 0 unspecified atom stereocenters. The molecule has 0 aromatic rings. The lowest BCUT2D eigenvalue weighted by molar-refractivity contribution is 0.626. The van der Waals surface area contributed by atoms with Gasteiger partial charge in [-0.15, -0.1) is 0 Å². The Kier molecular flexibility index (Phi) is 5.02. The molecule has 0 saturated carbocycles. The van der Waals surface area contributed by atoms with Crippen LogP contribution in [0.5, 0.6) is 0 Å². The molecule has 3 nitrogen and oxygen atoms in total. The Hall–Kier alpha value is -0.510. The largest absolute Gasteiger partial charge is 0.236 e. The molecule has 0 spiro atoms. The van der Waals surface area contributed by atoms with Gasteiger partial charge in [0.2, 0.25) is 10.3 Å². The predicted molar refractivity (Wildman–Crippen MR) is 43.9 cm³/mol. The minimum atomic E-state index is -2.23. The summed E-state index contributed by atoms with van der Waals surface area (Å²) < 4.78 is 20.5. The van der Waals surface area contributed by atoms with Crippen molar-refractivity contribution in [1.29, 1.82) is 0 Å². The second-order valence-corrected chi connectivity index (χ2v) is 2.70. The first kappa shape index (κ1) is 9.49. The smallest absolute Gasteiger partial charge is 0.183 e. The highest BCUT2D eigenvalue weighted by molar-refractivity contribution is 7.78. The third-order valence-electron chi connectivity index (χ3n) is 0.827. The molecule has 0 aliphatic carbocycles. The summed E-state index contributed by atoms with van der Waals surface area (Å²) in [5.41, 5.74) is 0. The summed E-state index contributed by atoms with van der Waals surface area (Å²) >= 11 is 4.25. The van der Waals surface area contributed by atoms with Gasteiger partial charge in [-0.3, -0.25) is 0 Å². The van der Waals surface area contributed by atoms with Crippen LogP contribution < -0.4 is 0 Å². The van der Waals surface area contributed by atoms with Crippen LogP contribution in [0.4, 0.5) is 0 Å². The highest BCUT2D eigenvalue weighted by Gasteiger charge is 1.94. The summed E-state index contributed by atoms with van der Waals surface area (Å²) in [6.07, 6.45) is 1.17. The van der Waals surface area contributed by atoms with Gasteiger partial charge in [0.25, 0.3) is 0 Å². The van der Waals surface area contributed by atoms with Crippen molar-refractivity contribution in [3.05, 3.63) is 0 Å². The molecule has 0 aliphatic rings. The van der Waals surface area contributed by atoms with Gasteiger partial charge in [-0.05, 0) is 18.6 Å². The minimum absolute atomic E-state index is 0.0810. The van der Waals surface area contributed by atoms with Crippen LogP contribution >= 0.6 is 12.2 Å². The van der Waals surface area contributed by atoms with Crippen LogP contribution in [0.1, 0.15) is 19.8 Å². The van der Waals surface area contributed by atoms with Gasteiger partial charge in [0.1, 0.15) is 0 Å². The lowest BCUT2D eigenvalue weighted by Gasteiger charge is -1.85. The van der Waals surface area contributed by atoms with Crippen molar-refractivity contribution >= 4 is 32.7 Å². The number of isothiocyanates is 1. The molecule has 0 fully saturated rings. The minimum Gasteiger partial charge on any atom is -0.183 e. The Bertz CT molecular complexity index is 264. The van der Waals surface area contributed by atoms with Crippen LogP contribution in [0.15, 0.2) is 4.99 Å².